The highest BCUT2D eigenvalue weighted by Crippen LogP contribution is 2.21. The van der Waals surface area contributed by atoms with E-state index in [4.69, 9.17) is 10.5 Å². The summed E-state index contributed by atoms with van der Waals surface area (Å²) >= 11 is 4.48. The van der Waals surface area contributed by atoms with Crippen LogP contribution in [0.15, 0.2) is 29.2 Å². The third-order valence-electron chi connectivity index (χ3n) is 1.67. The second kappa shape index (κ2) is 5.10. The van der Waals surface area contributed by atoms with Gasteiger partial charge >= 0.3 is 0 Å². The van der Waals surface area contributed by atoms with Gasteiger partial charge in [-0.1, -0.05) is 12.1 Å². The Morgan fingerprint density at radius 1 is 1.44 bits per heavy atom. The molecule has 0 atom stereocenters. The van der Waals surface area contributed by atoms with Gasteiger partial charge in [-0.05, 0) is 24.4 Å². The summed E-state index contributed by atoms with van der Waals surface area (Å²) in [5.74, 6) is 0.236. The number of nitrogens with two attached hydrogens (primary N) is 1. The Kier molecular flexibility index (Phi) is 4.05. The molecule has 8 heteroatoms. The maximum absolute atomic E-state index is 11.7. The van der Waals surface area contributed by atoms with Crippen molar-refractivity contribution in [1.29, 1.82) is 0 Å². The molecule has 4 N–H and O–H groups in total. The van der Waals surface area contributed by atoms with E-state index >= 15 is 0 Å². The summed E-state index contributed by atoms with van der Waals surface area (Å²) in [6.07, 6.45) is 0. The van der Waals surface area contributed by atoms with Crippen molar-refractivity contribution in [3.8, 4) is 5.75 Å². The standard InChI is InChI=1S/C8H11N3O3S2/c1-14-6-4-2-3-5-7(6)16(12,13)11-10-8(9)15/h2-5,11H,1H3,(H3,9,10,15). The van der Waals surface area contributed by atoms with Crippen LogP contribution in [0.5, 0.6) is 5.75 Å². The highest BCUT2D eigenvalue weighted by Gasteiger charge is 2.18. The molecule has 0 spiro atoms. The minimum absolute atomic E-state index is 0.00116. The largest absolute Gasteiger partial charge is 0.495 e. The van der Waals surface area contributed by atoms with E-state index in [1.807, 2.05) is 4.83 Å². The Hall–Kier alpha value is -1.38. The van der Waals surface area contributed by atoms with Gasteiger partial charge in [0.2, 0.25) is 0 Å². The summed E-state index contributed by atoms with van der Waals surface area (Å²) in [6, 6.07) is 6.19. The monoisotopic (exact) mass is 261 g/mol. The lowest BCUT2D eigenvalue weighted by Gasteiger charge is -2.10. The SMILES string of the molecule is COc1ccccc1S(=O)(=O)NNC(N)=S. The van der Waals surface area contributed by atoms with Gasteiger partial charge in [0.25, 0.3) is 10.0 Å². The quantitative estimate of drug-likeness (QED) is 0.510. The number of methoxy groups -OCH3 is 1. The summed E-state index contributed by atoms with van der Waals surface area (Å²) in [6.45, 7) is 0. The van der Waals surface area contributed by atoms with Gasteiger partial charge in [0.05, 0.1) is 7.11 Å². The molecule has 0 saturated heterocycles. The first-order valence-electron chi connectivity index (χ1n) is 4.17. The van der Waals surface area contributed by atoms with Crippen LogP contribution in [0.25, 0.3) is 0 Å². The van der Waals surface area contributed by atoms with Gasteiger partial charge in [0.1, 0.15) is 10.6 Å². The maximum Gasteiger partial charge on any atom is 0.261 e. The minimum Gasteiger partial charge on any atom is -0.495 e. The summed E-state index contributed by atoms with van der Waals surface area (Å²) in [4.78, 5) is 2.03. The van der Waals surface area contributed by atoms with Crippen molar-refractivity contribution in [2.24, 2.45) is 5.73 Å². The number of hydrogen-bond donors (Lipinski definition) is 3. The van der Waals surface area contributed by atoms with Crippen LogP contribution in [0, 0.1) is 0 Å². The molecule has 88 valence electrons. The molecule has 1 aromatic carbocycles. The molecule has 0 unspecified atom stereocenters. The van der Waals surface area contributed by atoms with Gasteiger partial charge < -0.3 is 10.5 Å². The van der Waals surface area contributed by atoms with Gasteiger partial charge in [-0.2, -0.15) is 0 Å². The Morgan fingerprint density at radius 2 is 2.06 bits per heavy atom. The third kappa shape index (κ3) is 3.05. The average molecular weight is 261 g/mol. The Bertz CT molecular complexity index is 487. The summed E-state index contributed by atoms with van der Waals surface area (Å²) < 4.78 is 28.4. The summed E-state index contributed by atoms with van der Waals surface area (Å²) in [5.41, 5.74) is 7.26. The van der Waals surface area contributed by atoms with E-state index in [1.54, 1.807) is 12.1 Å². The van der Waals surface area contributed by atoms with Crippen LogP contribution in [-0.4, -0.2) is 20.6 Å². The normalized spacial score (nSPS) is 10.8. The van der Waals surface area contributed by atoms with Crippen LogP contribution in [0.2, 0.25) is 0 Å². The molecule has 6 nitrogen and oxygen atoms in total. The topological polar surface area (TPSA) is 93.5 Å². The fourth-order valence-electron chi connectivity index (χ4n) is 1.01. The molecule has 0 heterocycles. The Labute approximate surface area is 98.8 Å². The molecule has 0 aliphatic carbocycles. The maximum atomic E-state index is 11.7. The third-order valence-corrected chi connectivity index (χ3v) is 3.06. The van der Waals surface area contributed by atoms with Crippen LogP contribution in [0.4, 0.5) is 0 Å². The molecular weight excluding hydrogens is 250 g/mol. The second-order valence-corrected chi connectivity index (χ2v) is 4.84. The fourth-order valence-corrected chi connectivity index (χ4v) is 2.16. The number of sulfonamides is 1. The zero-order valence-corrected chi connectivity index (χ0v) is 10.1. The van der Waals surface area contributed by atoms with Crippen molar-refractivity contribution in [3.05, 3.63) is 24.3 Å². The van der Waals surface area contributed by atoms with E-state index in [2.05, 4.69) is 17.6 Å². The molecule has 0 amide bonds. The molecule has 0 aromatic heterocycles. The molecule has 0 radical (unpaired) electrons. The van der Waals surface area contributed by atoms with Gasteiger partial charge in [-0.3, -0.25) is 5.43 Å². The molecule has 0 aliphatic rings. The Morgan fingerprint density at radius 3 is 2.62 bits per heavy atom. The number of thiocarbonyl (C=S) groups is 1. The van der Waals surface area contributed by atoms with Gasteiger partial charge in [-0.25, -0.2) is 8.42 Å². The van der Waals surface area contributed by atoms with Crippen LogP contribution in [-0.2, 0) is 10.0 Å². The number of hydrazine groups is 1. The van der Waals surface area contributed by atoms with Gasteiger partial charge in [0, 0.05) is 0 Å². The minimum atomic E-state index is -3.75. The van der Waals surface area contributed by atoms with Crippen LogP contribution >= 0.6 is 12.2 Å². The summed E-state index contributed by atoms with van der Waals surface area (Å²) in [5, 5.41) is -0.168. The number of hydrogen-bond acceptors (Lipinski definition) is 4. The van der Waals surface area contributed by atoms with E-state index in [0.29, 0.717) is 0 Å². The van der Waals surface area contributed by atoms with Crippen molar-refractivity contribution in [2.45, 2.75) is 4.90 Å². The van der Waals surface area contributed by atoms with Crippen LogP contribution in [0.1, 0.15) is 0 Å². The van der Waals surface area contributed by atoms with Gasteiger partial charge in [-0.15, -0.1) is 4.83 Å². The molecule has 1 aromatic rings. The molecule has 0 bridgehead atoms. The lowest BCUT2D eigenvalue weighted by molar-refractivity contribution is 0.402. The molecular formula is C8H11N3O3S2. The number of rotatable bonds is 4. The number of para-hydroxylation sites is 1. The van der Waals surface area contributed by atoms with Crippen molar-refractivity contribution in [2.75, 3.05) is 7.11 Å². The molecule has 1 rings (SSSR count). The van der Waals surface area contributed by atoms with Crippen molar-refractivity contribution < 1.29 is 13.2 Å². The highest BCUT2D eigenvalue weighted by atomic mass is 32.2. The van der Waals surface area contributed by atoms with Crippen molar-refractivity contribution in [3.63, 3.8) is 0 Å². The first-order valence-corrected chi connectivity index (χ1v) is 6.07. The fraction of sp³-hybridized carbons (Fsp3) is 0.125. The lowest BCUT2D eigenvalue weighted by atomic mass is 10.3. The molecule has 0 fully saturated rings. The smallest absolute Gasteiger partial charge is 0.261 e. The van der Waals surface area contributed by atoms with E-state index in [1.165, 1.54) is 19.2 Å². The number of benzene rings is 1. The zero-order chi connectivity index (χ0) is 12.2. The number of ether oxygens (including phenoxy) is 1. The predicted octanol–water partition coefficient (Wildman–Crippen LogP) is -0.278. The van der Waals surface area contributed by atoms with E-state index in [0.717, 1.165) is 0 Å². The lowest BCUT2D eigenvalue weighted by Crippen LogP contribution is -2.44. The van der Waals surface area contributed by atoms with Crippen LogP contribution < -0.4 is 20.7 Å². The van der Waals surface area contributed by atoms with E-state index < -0.39 is 10.0 Å². The Balaban J connectivity index is 3.02. The first kappa shape index (κ1) is 12.7. The van der Waals surface area contributed by atoms with Crippen LogP contribution in [0.3, 0.4) is 0 Å². The highest BCUT2D eigenvalue weighted by molar-refractivity contribution is 7.89. The number of nitrogens with one attached hydrogen (secondary N) is 2. The zero-order valence-electron chi connectivity index (χ0n) is 8.43. The molecule has 0 saturated carbocycles. The first-order chi connectivity index (χ1) is 7.47. The predicted molar refractivity (Wildman–Crippen MR) is 63.2 cm³/mol. The van der Waals surface area contributed by atoms with E-state index in [9.17, 15) is 8.42 Å². The molecule has 16 heavy (non-hydrogen) atoms. The average Bonchev–Trinajstić information content (AvgIpc) is 2.26. The molecule has 0 aliphatic heterocycles. The van der Waals surface area contributed by atoms with Gasteiger partial charge in [0.15, 0.2) is 5.11 Å². The summed E-state index contributed by atoms with van der Waals surface area (Å²) in [7, 11) is -2.37. The van der Waals surface area contributed by atoms with Crippen molar-refractivity contribution >= 4 is 27.4 Å². The van der Waals surface area contributed by atoms with Crippen molar-refractivity contribution in [1.82, 2.24) is 10.3 Å². The second-order valence-electron chi connectivity index (χ2n) is 2.75. The van der Waals surface area contributed by atoms with E-state index in [-0.39, 0.29) is 15.8 Å².